The first-order valence-electron chi connectivity index (χ1n) is 11.7. The van der Waals surface area contributed by atoms with Gasteiger partial charge in [0.1, 0.15) is 5.82 Å². The third-order valence-electron chi connectivity index (χ3n) is 5.87. The zero-order chi connectivity index (χ0) is 25.8. The van der Waals surface area contributed by atoms with Gasteiger partial charge in [0.25, 0.3) is 5.91 Å². The lowest BCUT2D eigenvalue weighted by atomic mass is 10.1. The average Bonchev–Trinajstić information content (AvgIpc) is 3.38. The summed E-state index contributed by atoms with van der Waals surface area (Å²) in [6.45, 7) is 7.50. The smallest absolute Gasteiger partial charge is 0.255 e. The van der Waals surface area contributed by atoms with Gasteiger partial charge in [-0.3, -0.25) is 4.79 Å². The fraction of sp³-hybridized carbons (Fsp3) is 0.0333. The van der Waals surface area contributed by atoms with Gasteiger partial charge in [0.2, 0.25) is 0 Å². The molecule has 0 radical (unpaired) electrons. The SMILES string of the molecule is C=CC(=C)Nc1ccc(C(=O)Nc2cccc(Cc3ncc(Cl)c(-c4ccc5[nH]ccc5c4)n3)c2)cc1. The third kappa shape index (κ3) is 5.60. The normalized spacial score (nSPS) is 10.7. The van der Waals surface area contributed by atoms with Gasteiger partial charge in [0, 0.05) is 57.9 Å². The number of benzene rings is 3. The monoisotopic (exact) mass is 505 g/mol. The second-order valence-electron chi connectivity index (χ2n) is 8.53. The Kier molecular flexibility index (Phi) is 6.83. The second-order valence-corrected chi connectivity index (χ2v) is 8.93. The maximum absolute atomic E-state index is 12.8. The van der Waals surface area contributed by atoms with Crippen molar-refractivity contribution in [3.8, 4) is 11.3 Å². The standard InChI is InChI=1S/C30H24ClN5O/c1-3-19(2)34-24-10-7-21(8-11-24)30(37)35-25-6-4-5-20(15-25)16-28-33-18-26(31)29(36-28)23-9-12-27-22(17-23)13-14-32-27/h3-15,17-18,32,34H,1-2,16H2,(H,35,37). The van der Waals surface area contributed by atoms with Crippen molar-refractivity contribution in [2.75, 3.05) is 10.6 Å². The number of allylic oxidation sites excluding steroid dienone is 1. The number of carbonyl (C=O) groups is 1. The number of carbonyl (C=O) groups excluding carboxylic acids is 1. The van der Waals surface area contributed by atoms with Crippen LogP contribution in [0.2, 0.25) is 5.02 Å². The van der Waals surface area contributed by atoms with E-state index in [-0.39, 0.29) is 5.91 Å². The van der Waals surface area contributed by atoms with Crippen molar-refractivity contribution >= 4 is 39.8 Å². The minimum atomic E-state index is -0.198. The minimum Gasteiger partial charge on any atom is -0.361 e. The predicted octanol–water partition coefficient (Wildman–Crippen LogP) is 7.23. The number of rotatable bonds is 8. The van der Waals surface area contributed by atoms with Crippen LogP contribution in [0.5, 0.6) is 0 Å². The number of anilines is 2. The highest BCUT2D eigenvalue weighted by atomic mass is 35.5. The first kappa shape index (κ1) is 24.0. The van der Waals surface area contributed by atoms with Crippen molar-refractivity contribution in [1.29, 1.82) is 0 Å². The summed E-state index contributed by atoms with van der Waals surface area (Å²) in [5.41, 5.74) is 6.40. The van der Waals surface area contributed by atoms with Crippen molar-refractivity contribution in [2.45, 2.75) is 6.42 Å². The molecular weight excluding hydrogens is 482 g/mol. The highest BCUT2D eigenvalue weighted by molar-refractivity contribution is 6.32. The van der Waals surface area contributed by atoms with Gasteiger partial charge in [-0.2, -0.15) is 0 Å². The third-order valence-corrected chi connectivity index (χ3v) is 6.14. The van der Waals surface area contributed by atoms with E-state index in [2.05, 4.69) is 39.8 Å². The van der Waals surface area contributed by atoms with E-state index in [1.807, 2.05) is 60.8 Å². The first-order valence-corrected chi connectivity index (χ1v) is 12.0. The van der Waals surface area contributed by atoms with Gasteiger partial charge in [0.05, 0.1) is 10.7 Å². The molecule has 0 saturated heterocycles. The molecule has 0 atom stereocenters. The first-order chi connectivity index (χ1) is 18.0. The van der Waals surface area contributed by atoms with E-state index in [1.165, 1.54) is 0 Å². The molecule has 0 bridgehead atoms. The van der Waals surface area contributed by atoms with Gasteiger partial charge in [-0.25, -0.2) is 9.97 Å². The Bertz CT molecular complexity index is 1620. The van der Waals surface area contributed by atoms with Crippen LogP contribution in [0.1, 0.15) is 21.7 Å². The summed E-state index contributed by atoms with van der Waals surface area (Å²) in [5.74, 6) is 0.442. The highest BCUT2D eigenvalue weighted by Gasteiger charge is 2.11. The van der Waals surface area contributed by atoms with Gasteiger partial charge in [-0.1, -0.05) is 43.0 Å². The summed E-state index contributed by atoms with van der Waals surface area (Å²) in [6, 6.07) is 22.9. The lowest BCUT2D eigenvalue weighted by molar-refractivity contribution is 0.102. The Morgan fingerprint density at radius 2 is 1.84 bits per heavy atom. The molecule has 1 amide bonds. The molecule has 37 heavy (non-hydrogen) atoms. The molecule has 5 rings (SSSR count). The lowest BCUT2D eigenvalue weighted by Crippen LogP contribution is -2.12. The van der Waals surface area contributed by atoms with Crippen molar-refractivity contribution < 1.29 is 4.79 Å². The van der Waals surface area contributed by atoms with Crippen LogP contribution in [-0.2, 0) is 6.42 Å². The molecule has 182 valence electrons. The Hall–Kier alpha value is -4.68. The quantitative estimate of drug-likeness (QED) is 0.194. The van der Waals surface area contributed by atoms with Crippen LogP contribution in [0.25, 0.3) is 22.2 Å². The predicted molar refractivity (Wildman–Crippen MR) is 151 cm³/mol. The van der Waals surface area contributed by atoms with Crippen LogP contribution in [0.3, 0.4) is 0 Å². The molecule has 7 heteroatoms. The molecule has 0 saturated carbocycles. The van der Waals surface area contributed by atoms with Crippen LogP contribution >= 0.6 is 11.6 Å². The van der Waals surface area contributed by atoms with E-state index in [9.17, 15) is 4.79 Å². The van der Waals surface area contributed by atoms with Crippen molar-refractivity contribution in [1.82, 2.24) is 15.0 Å². The number of nitrogens with one attached hydrogen (secondary N) is 3. The minimum absolute atomic E-state index is 0.198. The highest BCUT2D eigenvalue weighted by Crippen LogP contribution is 2.28. The van der Waals surface area contributed by atoms with E-state index in [1.54, 1.807) is 24.4 Å². The molecule has 3 aromatic carbocycles. The van der Waals surface area contributed by atoms with E-state index in [4.69, 9.17) is 16.6 Å². The zero-order valence-electron chi connectivity index (χ0n) is 20.0. The van der Waals surface area contributed by atoms with Crippen molar-refractivity contribution in [3.63, 3.8) is 0 Å². The van der Waals surface area contributed by atoms with Gasteiger partial charge < -0.3 is 15.6 Å². The fourth-order valence-electron chi connectivity index (χ4n) is 3.98. The van der Waals surface area contributed by atoms with Gasteiger partial charge in [0.15, 0.2) is 0 Å². The van der Waals surface area contributed by atoms with E-state index in [0.29, 0.717) is 39.9 Å². The van der Waals surface area contributed by atoms with E-state index >= 15 is 0 Å². The van der Waals surface area contributed by atoms with Crippen LogP contribution in [0, 0.1) is 0 Å². The van der Waals surface area contributed by atoms with Gasteiger partial charge in [-0.15, -0.1) is 0 Å². The van der Waals surface area contributed by atoms with E-state index in [0.717, 1.165) is 27.7 Å². The van der Waals surface area contributed by atoms with E-state index < -0.39 is 0 Å². The number of aromatic nitrogens is 3. The van der Waals surface area contributed by atoms with Crippen molar-refractivity contribution in [2.24, 2.45) is 0 Å². The molecular formula is C30H24ClN5O. The Balaban J connectivity index is 1.30. The number of fused-ring (bicyclic) bond motifs is 1. The molecule has 5 aromatic rings. The van der Waals surface area contributed by atoms with Crippen LogP contribution < -0.4 is 10.6 Å². The summed E-state index contributed by atoms with van der Waals surface area (Å²) in [4.78, 5) is 25.1. The maximum Gasteiger partial charge on any atom is 0.255 e. The number of H-pyrrole nitrogens is 1. The van der Waals surface area contributed by atoms with Crippen molar-refractivity contribution in [3.05, 3.63) is 132 Å². The molecule has 0 aliphatic rings. The van der Waals surface area contributed by atoms with Gasteiger partial charge >= 0.3 is 0 Å². The lowest BCUT2D eigenvalue weighted by Gasteiger charge is -2.10. The molecule has 2 heterocycles. The van der Waals surface area contributed by atoms with Crippen LogP contribution in [0.4, 0.5) is 11.4 Å². The molecule has 2 aromatic heterocycles. The number of halogens is 1. The maximum atomic E-state index is 12.8. The second kappa shape index (κ2) is 10.5. The Labute approximate surface area is 219 Å². The summed E-state index contributed by atoms with van der Waals surface area (Å²) in [6.07, 6.45) is 5.66. The number of aromatic amines is 1. The number of nitrogens with zero attached hydrogens (tertiary/aromatic N) is 2. The average molecular weight is 506 g/mol. The summed E-state index contributed by atoms with van der Waals surface area (Å²) in [7, 11) is 0. The van der Waals surface area contributed by atoms with Crippen LogP contribution in [0.15, 0.2) is 110 Å². The molecule has 0 spiro atoms. The molecule has 0 fully saturated rings. The van der Waals surface area contributed by atoms with Crippen LogP contribution in [-0.4, -0.2) is 20.9 Å². The summed E-state index contributed by atoms with van der Waals surface area (Å²) >= 11 is 6.45. The molecule has 0 aliphatic heterocycles. The Morgan fingerprint density at radius 1 is 1.00 bits per heavy atom. The molecule has 3 N–H and O–H groups in total. The topological polar surface area (TPSA) is 82.7 Å². The zero-order valence-corrected chi connectivity index (χ0v) is 20.7. The van der Waals surface area contributed by atoms with Gasteiger partial charge in [-0.05, 0) is 66.2 Å². The summed E-state index contributed by atoms with van der Waals surface area (Å²) in [5, 5.41) is 7.64. The molecule has 6 nitrogen and oxygen atoms in total. The largest absolute Gasteiger partial charge is 0.361 e. The molecule has 0 unspecified atom stereocenters. The number of hydrogen-bond acceptors (Lipinski definition) is 4. The molecule has 0 aliphatic carbocycles. The number of hydrogen-bond donors (Lipinski definition) is 3. The fourth-order valence-corrected chi connectivity index (χ4v) is 4.18. The summed E-state index contributed by atoms with van der Waals surface area (Å²) < 4.78 is 0. The number of amides is 1. The Morgan fingerprint density at radius 3 is 2.65 bits per heavy atom.